The molecule has 0 unspecified atom stereocenters. The van der Waals surface area contributed by atoms with Crippen molar-refractivity contribution < 1.29 is 4.74 Å². The molecule has 0 aromatic carbocycles. The largest absolute Gasteiger partial charge is 0.379 e. The summed E-state index contributed by atoms with van der Waals surface area (Å²) in [5.74, 6) is 0. The lowest BCUT2D eigenvalue weighted by Crippen LogP contribution is -2.06. The third-order valence-corrected chi connectivity index (χ3v) is 2.06. The second-order valence-electron chi connectivity index (χ2n) is 3.36. The quantitative estimate of drug-likeness (QED) is 0.579. The predicted molar refractivity (Wildman–Crippen MR) is 55.5 cm³/mol. The minimum atomic E-state index is 0.311. The Hall–Kier alpha value is -0.750. The Bertz CT molecular complexity index is 306. The summed E-state index contributed by atoms with van der Waals surface area (Å²) in [6, 6.07) is 0. The van der Waals surface area contributed by atoms with E-state index in [-0.39, 0.29) is 0 Å². The summed E-state index contributed by atoms with van der Waals surface area (Å²) >= 11 is 4.93. The Morgan fingerprint density at radius 1 is 1.50 bits per heavy atom. The van der Waals surface area contributed by atoms with Gasteiger partial charge < -0.3 is 4.74 Å². The van der Waals surface area contributed by atoms with Crippen LogP contribution in [0.1, 0.15) is 26.7 Å². The molecule has 0 fully saturated rings. The van der Waals surface area contributed by atoms with Gasteiger partial charge in [0.1, 0.15) is 0 Å². The summed E-state index contributed by atoms with van der Waals surface area (Å²) < 4.78 is 7.68. The van der Waals surface area contributed by atoms with Crippen LogP contribution in [-0.2, 0) is 11.3 Å². The van der Waals surface area contributed by atoms with E-state index in [0.717, 1.165) is 26.0 Å². The molecule has 0 aliphatic carbocycles. The molecule has 0 radical (unpaired) electrons. The van der Waals surface area contributed by atoms with E-state index in [1.165, 1.54) is 0 Å². The summed E-state index contributed by atoms with van der Waals surface area (Å²) in [5.41, 5.74) is 0. The van der Waals surface area contributed by atoms with Gasteiger partial charge in [0.05, 0.1) is 6.10 Å². The summed E-state index contributed by atoms with van der Waals surface area (Å²) in [6.45, 7) is 5.70. The number of nitrogens with zero attached hydrogens (tertiary/aromatic N) is 3. The number of H-pyrrole nitrogens is 1. The van der Waals surface area contributed by atoms with Crippen molar-refractivity contribution in [1.29, 1.82) is 0 Å². The van der Waals surface area contributed by atoms with Gasteiger partial charge in [-0.25, -0.2) is 4.68 Å². The van der Waals surface area contributed by atoms with Gasteiger partial charge in [-0.1, -0.05) is 10.3 Å². The monoisotopic (exact) mass is 216 g/mol. The molecule has 0 atom stereocenters. The fourth-order valence-corrected chi connectivity index (χ4v) is 1.23. The maximum Gasteiger partial charge on any atom is 0.238 e. The number of unbranched alkanes of at least 4 members (excludes halogenated alkanes) is 1. The maximum absolute atomic E-state index is 5.41. The molecule has 0 saturated heterocycles. The SMILES string of the molecule is CC(C)OCCCCn1[nH]nnc1=S. The van der Waals surface area contributed by atoms with Crippen LogP contribution >= 0.6 is 12.2 Å². The van der Waals surface area contributed by atoms with E-state index in [1.54, 1.807) is 4.68 Å². The van der Waals surface area contributed by atoms with Gasteiger partial charge in [0, 0.05) is 13.2 Å². The number of rotatable bonds is 6. The van der Waals surface area contributed by atoms with Crippen LogP contribution in [0.4, 0.5) is 0 Å². The van der Waals surface area contributed by atoms with Crippen LogP contribution in [0.5, 0.6) is 0 Å². The molecule has 0 saturated carbocycles. The van der Waals surface area contributed by atoms with Crippen molar-refractivity contribution in [2.45, 2.75) is 39.3 Å². The predicted octanol–water partition coefficient (Wildman–Crippen LogP) is 1.54. The van der Waals surface area contributed by atoms with Crippen LogP contribution in [0.3, 0.4) is 0 Å². The van der Waals surface area contributed by atoms with Crippen LogP contribution < -0.4 is 0 Å². The first-order valence-corrected chi connectivity index (χ1v) is 5.20. The van der Waals surface area contributed by atoms with E-state index in [9.17, 15) is 0 Å². The number of hydrogen-bond acceptors (Lipinski definition) is 4. The summed E-state index contributed by atoms with van der Waals surface area (Å²) in [7, 11) is 0. The molecule has 1 rings (SSSR count). The molecule has 0 spiro atoms. The number of ether oxygens (including phenoxy) is 1. The minimum absolute atomic E-state index is 0.311. The zero-order chi connectivity index (χ0) is 10.4. The number of nitrogens with one attached hydrogen (secondary N) is 1. The minimum Gasteiger partial charge on any atom is -0.379 e. The van der Waals surface area contributed by atoms with E-state index in [1.807, 2.05) is 13.8 Å². The zero-order valence-corrected chi connectivity index (χ0v) is 9.38. The highest BCUT2D eigenvalue weighted by Gasteiger charge is 1.96. The Balaban J connectivity index is 2.11. The third kappa shape index (κ3) is 3.97. The fourth-order valence-electron chi connectivity index (χ4n) is 1.05. The molecular formula is C8H16N4OS. The molecule has 1 aromatic heterocycles. The number of tetrazole rings is 1. The molecule has 0 amide bonds. The number of aromatic nitrogens is 4. The fraction of sp³-hybridized carbons (Fsp3) is 0.875. The molecule has 1 N–H and O–H groups in total. The van der Waals surface area contributed by atoms with E-state index in [2.05, 4.69) is 15.5 Å². The van der Waals surface area contributed by atoms with Crippen molar-refractivity contribution in [1.82, 2.24) is 20.2 Å². The van der Waals surface area contributed by atoms with E-state index >= 15 is 0 Å². The molecule has 0 aliphatic rings. The first-order valence-electron chi connectivity index (χ1n) is 4.79. The van der Waals surface area contributed by atoms with Crippen LogP contribution in [0.15, 0.2) is 0 Å². The standard InChI is InChI=1S/C8H16N4OS/c1-7(2)13-6-4-3-5-12-8(14)9-10-11-12/h7H,3-6H2,1-2H3,(H,9,11,14). The van der Waals surface area contributed by atoms with Gasteiger partial charge in [-0.2, -0.15) is 5.21 Å². The summed E-state index contributed by atoms with van der Waals surface area (Å²) in [5, 5.41) is 10.0. The van der Waals surface area contributed by atoms with Crippen LogP contribution in [0, 0.1) is 4.77 Å². The second-order valence-corrected chi connectivity index (χ2v) is 3.73. The van der Waals surface area contributed by atoms with Crippen molar-refractivity contribution >= 4 is 12.2 Å². The topological polar surface area (TPSA) is 55.7 Å². The molecule has 1 heterocycles. The number of aromatic amines is 1. The highest BCUT2D eigenvalue weighted by molar-refractivity contribution is 7.71. The lowest BCUT2D eigenvalue weighted by Gasteiger charge is -2.06. The molecule has 80 valence electrons. The van der Waals surface area contributed by atoms with Gasteiger partial charge in [-0.05, 0) is 38.9 Å². The van der Waals surface area contributed by atoms with Crippen molar-refractivity contribution in [3.63, 3.8) is 0 Å². The maximum atomic E-state index is 5.41. The van der Waals surface area contributed by atoms with Crippen molar-refractivity contribution in [2.75, 3.05) is 6.61 Å². The van der Waals surface area contributed by atoms with Crippen LogP contribution in [0.25, 0.3) is 0 Å². The van der Waals surface area contributed by atoms with Crippen molar-refractivity contribution in [2.24, 2.45) is 0 Å². The third-order valence-electron chi connectivity index (χ3n) is 1.76. The van der Waals surface area contributed by atoms with Gasteiger partial charge in [0.15, 0.2) is 0 Å². The van der Waals surface area contributed by atoms with Crippen LogP contribution in [-0.4, -0.2) is 32.9 Å². The molecule has 14 heavy (non-hydrogen) atoms. The van der Waals surface area contributed by atoms with Gasteiger partial charge in [-0.3, -0.25) is 0 Å². The number of hydrogen-bond donors (Lipinski definition) is 1. The Kier molecular flexibility index (Phi) is 4.75. The molecule has 6 heteroatoms. The van der Waals surface area contributed by atoms with Crippen molar-refractivity contribution in [3.05, 3.63) is 4.77 Å². The highest BCUT2D eigenvalue weighted by Crippen LogP contribution is 1.96. The Labute approximate surface area is 88.4 Å². The zero-order valence-electron chi connectivity index (χ0n) is 8.56. The van der Waals surface area contributed by atoms with Crippen molar-refractivity contribution in [3.8, 4) is 0 Å². The van der Waals surface area contributed by atoms with Crippen LogP contribution in [0.2, 0.25) is 0 Å². The first-order chi connectivity index (χ1) is 6.70. The lowest BCUT2D eigenvalue weighted by atomic mass is 10.3. The van der Waals surface area contributed by atoms with Gasteiger partial charge in [0.25, 0.3) is 0 Å². The Morgan fingerprint density at radius 3 is 2.86 bits per heavy atom. The van der Waals surface area contributed by atoms with Gasteiger partial charge in [-0.15, -0.1) is 0 Å². The summed E-state index contributed by atoms with van der Waals surface area (Å²) in [4.78, 5) is 0. The Morgan fingerprint density at radius 2 is 2.29 bits per heavy atom. The normalized spacial score (nSPS) is 11.1. The average molecular weight is 216 g/mol. The average Bonchev–Trinajstić information content (AvgIpc) is 2.51. The smallest absolute Gasteiger partial charge is 0.238 e. The lowest BCUT2D eigenvalue weighted by molar-refractivity contribution is 0.0752. The molecule has 0 bridgehead atoms. The molecule has 5 nitrogen and oxygen atoms in total. The first kappa shape index (κ1) is 11.3. The molecular weight excluding hydrogens is 200 g/mol. The van der Waals surface area contributed by atoms with Gasteiger partial charge in [0.2, 0.25) is 4.77 Å². The van der Waals surface area contributed by atoms with E-state index in [0.29, 0.717) is 10.9 Å². The number of aryl methyl sites for hydroxylation is 1. The molecule has 0 aliphatic heterocycles. The van der Waals surface area contributed by atoms with Gasteiger partial charge >= 0.3 is 0 Å². The van der Waals surface area contributed by atoms with E-state index < -0.39 is 0 Å². The highest BCUT2D eigenvalue weighted by atomic mass is 32.1. The molecule has 1 aromatic rings. The second kappa shape index (κ2) is 5.87. The van der Waals surface area contributed by atoms with E-state index in [4.69, 9.17) is 17.0 Å². The summed E-state index contributed by atoms with van der Waals surface area (Å²) in [6.07, 6.45) is 2.36.